The number of halogens is 1. The van der Waals surface area contributed by atoms with Crippen molar-refractivity contribution >= 4 is 23.5 Å². The monoisotopic (exact) mass is 283 g/mol. The molecule has 0 aliphatic heterocycles. The van der Waals surface area contributed by atoms with Crippen LogP contribution in [0.1, 0.15) is 46.0 Å². The van der Waals surface area contributed by atoms with E-state index in [1.54, 1.807) is 0 Å². The molecule has 0 radical (unpaired) electrons. The molecule has 1 heterocycles. The highest BCUT2D eigenvalue weighted by atomic mass is 35.5. The summed E-state index contributed by atoms with van der Waals surface area (Å²) in [5, 5.41) is 6.68. The molecule has 1 aromatic rings. The Hall–Kier alpha value is -1.10. The number of nitrogens with zero attached hydrogens (tertiary/aromatic N) is 3. The summed E-state index contributed by atoms with van der Waals surface area (Å²) in [5.41, 5.74) is 0. The second-order valence-electron chi connectivity index (χ2n) is 5.24. The Morgan fingerprint density at radius 1 is 1.11 bits per heavy atom. The Bertz CT molecular complexity index is 412. The lowest BCUT2D eigenvalue weighted by Gasteiger charge is -2.16. The first-order valence-corrected chi connectivity index (χ1v) is 7.47. The second kappa shape index (κ2) is 6.89. The van der Waals surface area contributed by atoms with E-state index < -0.39 is 0 Å². The average molecular weight is 284 g/mol. The first-order valence-electron chi connectivity index (χ1n) is 7.09. The summed E-state index contributed by atoms with van der Waals surface area (Å²) in [4.78, 5) is 12.5. The summed E-state index contributed by atoms with van der Waals surface area (Å²) in [6.45, 7) is 5.09. The quantitative estimate of drug-likeness (QED) is 0.830. The molecule has 2 N–H and O–H groups in total. The fraction of sp³-hybridized carbons (Fsp3) is 0.769. The minimum Gasteiger partial charge on any atom is -0.354 e. The number of hydrogen-bond donors (Lipinski definition) is 2. The minimum absolute atomic E-state index is 0.232. The number of nitrogens with one attached hydrogen (secondary N) is 2. The van der Waals surface area contributed by atoms with E-state index in [1.165, 1.54) is 32.1 Å². The van der Waals surface area contributed by atoms with E-state index in [4.69, 9.17) is 11.6 Å². The van der Waals surface area contributed by atoms with E-state index in [0.717, 1.165) is 12.5 Å². The molecule has 1 aliphatic carbocycles. The standard InChI is InChI=1S/C13H22ClN5/c1-3-15-12-17-11(14)18-13(19-12)16-10-6-4-5-9(2)7-8-10/h9-10H,3-8H2,1-2H3,(H2,15,16,17,18,19). The third kappa shape index (κ3) is 4.49. The van der Waals surface area contributed by atoms with Gasteiger partial charge in [0, 0.05) is 12.6 Å². The second-order valence-corrected chi connectivity index (χ2v) is 5.57. The predicted octanol–water partition coefficient (Wildman–Crippen LogP) is 3.34. The van der Waals surface area contributed by atoms with Crippen LogP contribution in [0.25, 0.3) is 0 Å². The van der Waals surface area contributed by atoms with E-state index in [1.807, 2.05) is 6.92 Å². The molecular formula is C13H22ClN5. The first kappa shape index (κ1) is 14.3. The minimum atomic E-state index is 0.232. The first-order chi connectivity index (χ1) is 9.17. The number of rotatable bonds is 4. The molecule has 2 rings (SSSR count). The van der Waals surface area contributed by atoms with Crippen molar-refractivity contribution in [3.05, 3.63) is 5.28 Å². The topological polar surface area (TPSA) is 62.7 Å². The molecule has 6 heteroatoms. The van der Waals surface area contributed by atoms with E-state index in [-0.39, 0.29) is 5.28 Å². The van der Waals surface area contributed by atoms with Gasteiger partial charge in [-0.25, -0.2) is 0 Å². The molecule has 2 atom stereocenters. The molecule has 0 bridgehead atoms. The maximum atomic E-state index is 5.92. The van der Waals surface area contributed by atoms with Crippen LogP contribution >= 0.6 is 11.6 Å². The molecule has 0 aromatic carbocycles. The van der Waals surface area contributed by atoms with Crippen LogP contribution in [0.15, 0.2) is 0 Å². The van der Waals surface area contributed by atoms with Crippen LogP contribution in [0.3, 0.4) is 0 Å². The fourth-order valence-corrected chi connectivity index (χ4v) is 2.63. The number of hydrogen-bond acceptors (Lipinski definition) is 5. The van der Waals surface area contributed by atoms with Gasteiger partial charge >= 0.3 is 0 Å². The van der Waals surface area contributed by atoms with Crippen molar-refractivity contribution in [2.24, 2.45) is 5.92 Å². The Labute approximate surface area is 119 Å². The molecule has 1 aliphatic rings. The van der Waals surface area contributed by atoms with Crippen LogP contribution in [0.2, 0.25) is 5.28 Å². The predicted molar refractivity (Wildman–Crippen MR) is 78.7 cm³/mol. The van der Waals surface area contributed by atoms with Crippen LogP contribution in [0.4, 0.5) is 11.9 Å². The third-order valence-electron chi connectivity index (χ3n) is 3.53. The van der Waals surface area contributed by atoms with Crippen LogP contribution in [-0.2, 0) is 0 Å². The van der Waals surface area contributed by atoms with E-state index in [0.29, 0.717) is 17.9 Å². The summed E-state index contributed by atoms with van der Waals surface area (Å²) in [6.07, 6.45) is 6.18. The van der Waals surface area contributed by atoms with Gasteiger partial charge in [-0.2, -0.15) is 15.0 Å². The van der Waals surface area contributed by atoms with Gasteiger partial charge in [0.1, 0.15) is 0 Å². The largest absolute Gasteiger partial charge is 0.354 e. The highest BCUT2D eigenvalue weighted by Crippen LogP contribution is 2.24. The lowest BCUT2D eigenvalue weighted by Crippen LogP contribution is -2.21. The van der Waals surface area contributed by atoms with Crippen LogP contribution < -0.4 is 10.6 Å². The van der Waals surface area contributed by atoms with Gasteiger partial charge in [-0.15, -0.1) is 0 Å². The van der Waals surface area contributed by atoms with Gasteiger partial charge in [0.25, 0.3) is 0 Å². The molecule has 1 aromatic heterocycles. The molecule has 5 nitrogen and oxygen atoms in total. The molecule has 0 saturated heterocycles. The highest BCUT2D eigenvalue weighted by Gasteiger charge is 2.17. The van der Waals surface area contributed by atoms with Crippen molar-refractivity contribution in [3.63, 3.8) is 0 Å². The lowest BCUT2D eigenvalue weighted by molar-refractivity contribution is 0.501. The highest BCUT2D eigenvalue weighted by molar-refractivity contribution is 6.28. The van der Waals surface area contributed by atoms with Crippen LogP contribution in [-0.4, -0.2) is 27.5 Å². The number of aromatic nitrogens is 3. The molecular weight excluding hydrogens is 262 g/mol. The van der Waals surface area contributed by atoms with Gasteiger partial charge in [-0.1, -0.05) is 19.8 Å². The Morgan fingerprint density at radius 3 is 2.68 bits per heavy atom. The maximum absolute atomic E-state index is 5.92. The third-order valence-corrected chi connectivity index (χ3v) is 3.70. The zero-order valence-electron chi connectivity index (χ0n) is 11.6. The summed E-state index contributed by atoms with van der Waals surface area (Å²) in [5.74, 6) is 1.94. The van der Waals surface area contributed by atoms with Crippen LogP contribution in [0.5, 0.6) is 0 Å². The molecule has 1 saturated carbocycles. The molecule has 2 unspecified atom stereocenters. The van der Waals surface area contributed by atoms with Crippen LogP contribution in [0, 0.1) is 5.92 Å². The maximum Gasteiger partial charge on any atom is 0.229 e. The van der Waals surface area contributed by atoms with Crippen molar-refractivity contribution in [3.8, 4) is 0 Å². The summed E-state index contributed by atoms with van der Waals surface area (Å²) in [6, 6.07) is 0.442. The van der Waals surface area contributed by atoms with Crippen molar-refractivity contribution in [2.75, 3.05) is 17.2 Å². The number of anilines is 2. The smallest absolute Gasteiger partial charge is 0.229 e. The van der Waals surface area contributed by atoms with E-state index in [2.05, 4.69) is 32.5 Å². The fourth-order valence-electron chi connectivity index (χ4n) is 2.47. The van der Waals surface area contributed by atoms with E-state index >= 15 is 0 Å². The van der Waals surface area contributed by atoms with Gasteiger partial charge in [-0.3, -0.25) is 0 Å². The molecule has 0 amide bonds. The van der Waals surface area contributed by atoms with Gasteiger partial charge in [0.05, 0.1) is 0 Å². The normalized spacial score (nSPS) is 23.7. The van der Waals surface area contributed by atoms with E-state index in [9.17, 15) is 0 Å². The molecule has 106 valence electrons. The van der Waals surface area contributed by atoms with Crippen molar-refractivity contribution in [1.29, 1.82) is 0 Å². The average Bonchev–Trinajstić information content (AvgIpc) is 2.54. The Morgan fingerprint density at radius 2 is 1.89 bits per heavy atom. The summed E-state index contributed by atoms with van der Waals surface area (Å²) < 4.78 is 0. The lowest BCUT2D eigenvalue weighted by atomic mass is 10.0. The van der Waals surface area contributed by atoms with Crippen molar-refractivity contribution < 1.29 is 0 Å². The zero-order valence-corrected chi connectivity index (χ0v) is 12.4. The van der Waals surface area contributed by atoms with Crippen molar-refractivity contribution in [2.45, 2.75) is 52.0 Å². The van der Waals surface area contributed by atoms with Gasteiger partial charge in [0.2, 0.25) is 17.2 Å². The summed E-state index contributed by atoms with van der Waals surface area (Å²) >= 11 is 5.92. The Balaban J connectivity index is 2.01. The van der Waals surface area contributed by atoms with Gasteiger partial charge in [0.15, 0.2) is 0 Å². The molecule has 19 heavy (non-hydrogen) atoms. The van der Waals surface area contributed by atoms with Gasteiger partial charge < -0.3 is 10.6 Å². The van der Waals surface area contributed by atoms with Gasteiger partial charge in [-0.05, 0) is 43.7 Å². The zero-order chi connectivity index (χ0) is 13.7. The molecule has 1 fully saturated rings. The SMILES string of the molecule is CCNc1nc(Cl)nc(NC2CCCC(C)CC2)n1. The summed E-state index contributed by atoms with van der Waals surface area (Å²) in [7, 11) is 0. The molecule has 0 spiro atoms. The van der Waals surface area contributed by atoms with Crippen molar-refractivity contribution in [1.82, 2.24) is 15.0 Å². The Kier molecular flexibility index (Phi) is 5.19.